The number of fused-ring (bicyclic) bond motifs is 1. The Hall–Kier alpha value is -3.06. The van der Waals surface area contributed by atoms with Gasteiger partial charge in [-0.15, -0.1) is 0 Å². The average molecular weight is 416 g/mol. The molecule has 2 aromatic carbocycles. The van der Waals surface area contributed by atoms with Crippen molar-refractivity contribution in [1.82, 2.24) is 0 Å². The van der Waals surface area contributed by atoms with Gasteiger partial charge in [0.1, 0.15) is 11.6 Å². The van der Waals surface area contributed by atoms with E-state index in [-0.39, 0.29) is 17.0 Å². The van der Waals surface area contributed by atoms with Crippen molar-refractivity contribution in [3.8, 4) is 6.07 Å². The van der Waals surface area contributed by atoms with Crippen molar-refractivity contribution in [2.45, 2.75) is 71.9 Å². The van der Waals surface area contributed by atoms with Crippen molar-refractivity contribution >= 4 is 23.4 Å². The molecule has 1 amide bonds. The molecule has 4 nitrogen and oxygen atoms in total. The van der Waals surface area contributed by atoms with Gasteiger partial charge in [0.05, 0.1) is 0 Å². The van der Waals surface area contributed by atoms with Gasteiger partial charge in [-0.2, -0.15) is 5.26 Å². The predicted molar refractivity (Wildman–Crippen MR) is 129 cm³/mol. The summed E-state index contributed by atoms with van der Waals surface area (Å²) in [6.45, 7) is 13.3. The number of para-hydroxylation sites is 1. The van der Waals surface area contributed by atoms with E-state index in [1.54, 1.807) is 6.08 Å². The first-order chi connectivity index (χ1) is 14.7. The molecule has 0 spiro atoms. The number of benzene rings is 2. The Balaban J connectivity index is 1.93. The van der Waals surface area contributed by atoms with Gasteiger partial charge in [-0.1, -0.05) is 38.1 Å². The molecule has 0 fully saturated rings. The van der Waals surface area contributed by atoms with E-state index in [2.05, 4.69) is 63.0 Å². The highest BCUT2D eigenvalue weighted by Crippen LogP contribution is 2.44. The van der Waals surface area contributed by atoms with Gasteiger partial charge in [0, 0.05) is 23.0 Å². The van der Waals surface area contributed by atoms with Crippen molar-refractivity contribution in [1.29, 1.82) is 5.26 Å². The Morgan fingerprint density at radius 1 is 1.29 bits per heavy atom. The zero-order valence-electron chi connectivity index (χ0n) is 19.5. The fourth-order valence-corrected chi connectivity index (χ4v) is 4.99. The van der Waals surface area contributed by atoms with Crippen LogP contribution in [0.1, 0.15) is 70.6 Å². The predicted octanol–water partition coefficient (Wildman–Crippen LogP) is 6.30. The molecule has 162 valence electrons. The topological polar surface area (TPSA) is 56.1 Å². The highest BCUT2D eigenvalue weighted by Gasteiger charge is 2.37. The summed E-state index contributed by atoms with van der Waals surface area (Å²) >= 11 is 0. The van der Waals surface area contributed by atoms with E-state index in [1.165, 1.54) is 11.3 Å². The lowest BCUT2D eigenvalue weighted by Crippen LogP contribution is -2.51. The van der Waals surface area contributed by atoms with Crippen molar-refractivity contribution in [2.24, 2.45) is 0 Å². The van der Waals surface area contributed by atoms with Crippen LogP contribution in [0.2, 0.25) is 0 Å². The van der Waals surface area contributed by atoms with Gasteiger partial charge in [0.25, 0.3) is 5.91 Å². The fraction of sp³-hybridized carbons (Fsp3) is 0.407. The van der Waals surface area contributed by atoms with Crippen LogP contribution in [-0.4, -0.2) is 17.5 Å². The van der Waals surface area contributed by atoms with Crippen LogP contribution in [0, 0.1) is 11.3 Å². The highest BCUT2D eigenvalue weighted by atomic mass is 16.1. The minimum absolute atomic E-state index is 0.0856. The summed E-state index contributed by atoms with van der Waals surface area (Å²) in [7, 11) is 0. The quantitative estimate of drug-likeness (QED) is 0.461. The van der Waals surface area contributed by atoms with Crippen LogP contribution in [-0.2, 0) is 11.2 Å². The zero-order valence-corrected chi connectivity index (χ0v) is 19.5. The molecule has 3 rings (SSSR count). The van der Waals surface area contributed by atoms with Gasteiger partial charge in [-0.05, 0) is 87.4 Å². The highest BCUT2D eigenvalue weighted by molar-refractivity contribution is 6.10. The summed E-state index contributed by atoms with van der Waals surface area (Å²) < 4.78 is 0. The van der Waals surface area contributed by atoms with Crippen LogP contribution in [0.15, 0.2) is 48.0 Å². The van der Waals surface area contributed by atoms with Gasteiger partial charge >= 0.3 is 0 Å². The summed E-state index contributed by atoms with van der Waals surface area (Å²) in [5.74, 6) is 0.0308. The molecular formula is C27H33N3O. The van der Waals surface area contributed by atoms with Crippen molar-refractivity contribution in [2.75, 3.05) is 10.2 Å². The van der Waals surface area contributed by atoms with E-state index >= 15 is 0 Å². The third-order valence-corrected chi connectivity index (χ3v) is 6.14. The van der Waals surface area contributed by atoms with E-state index in [9.17, 15) is 10.1 Å². The molecule has 1 atom stereocenters. The number of rotatable bonds is 5. The smallest absolute Gasteiger partial charge is 0.266 e. The molecule has 1 unspecified atom stereocenters. The molecule has 0 aliphatic carbocycles. The lowest BCUT2D eigenvalue weighted by atomic mass is 9.79. The first-order valence-corrected chi connectivity index (χ1v) is 11.1. The van der Waals surface area contributed by atoms with Crippen LogP contribution in [0.3, 0.4) is 0 Å². The number of hydrogen-bond donors (Lipinski definition) is 1. The van der Waals surface area contributed by atoms with Crippen LogP contribution >= 0.6 is 0 Å². The standard InChI is InChI=1S/C27H33N3O/c1-7-21-10-8-9-11-24(21)29-26(31)22(17-28)14-20-12-13-25-23(15-20)19(4)16-27(5,6)30(25)18(2)3/h8-15,18-19H,7,16H2,1-6H3,(H,29,31)/b22-14-. The molecule has 4 heteroatoms. The average Bonchev–Trinajstić information content (AvgIpc) is 2.71. The van der Waals surface area contributed by atoms with Crippen LogP contribution in [0.4, 0.5) is 11.4 Å². The SMILES string of the molecule is CCc1ccccc1NC(=O)/C(C#N)=C\c1ccc2c(c1)C(C)CC(C)(C)N2C(C)C. The Morgan fingerprint density at radius 2 is 2.00 bits per heavy atom. The molecular weight excluding hydrogens is 382 g/mol. The number of hydrogen-bond acceptors (Lipinski definition) is 3. The number of carbonyl (C=O) groups excluding carboxylic acids is 1. The number of aryl methyl sites for hydroxylation is 1. The van der Waals surface area contributed by atoms with Crippen molar-refractivity contribution < 1.29 is 4.79 Å². The second-order valence-electron chi connectivity index (χ2n) is 9.33. The first-order valence-electron chi connectivity index (χ1n) is 11.1. The minimum atomic E-state index is -0.376. The Morgan fingerprint density at radius 3 is 2.65 bits per heavy atom. The molecule has 0 bridgehead atoms. The molecule has 1 heterocycles. The number of amides is 1. The maximum absolute atomic E-state index is 12.8. The van der Waals surface area contributed by atoms with Crippen molar-refractivity contribution in [3.05, 3.63) is 64.7 Å². The number of carbonyl (C=O) groups is 1. The molecule has 2 aromatic rings. The first kappa shape index (κ1) is 22.6. The maximum atomic E-state index is 12.8. The fourth-order valence-electron chi connectivity index (χ4n) is 4.99. The Labute approximate surface area is 186 Å². The third-order valence-electron chi connectivity index (χ3n) is 6.14. The Kier molecular flexibility index (Phi) is 6.55. The van der Waals surface area contributed by atoms with E-state index in [0.29, 0.717) is 12.0 Å². The summed E-state index contributed by atoms with van der Waals surface area (Å²) in [6, 6.07) is 16.4. The zero-order chi connectivity index (χ0) is 22.8. The second-order valence-corrected chi connectivity index (χ2v) is 9.33. The summed E-state index contributed by atoms with van der Waals surface area (Å²) in [5, 5.41) is 12.5. The summed E-state index contributed by atoms with van der Waals surface area (Å²) in [5.41, 5.74) is 5.39. The molecule has 1 aliphatic rings. The van der Waals surface area contributed by atoms with Crippen molar-refractivity contribution in [3.63, 3.8) is 0 Å². The molecule has 0 aromatic heterocycles. The summed E-state index contributed by atoms with van der Waals surface area (Å²) in [6.07, 6.45) is 3.56. The molecule has 0 saturated carbocycles. The maximum Gasteiger partial charge on any atom is 0.266 e. The minimum Gasteiger partial charge on any atom is -0.364 e. The number of nitrogens with one attached hydrogen (secondary N) is 1. The van der Waals surface area contributed by atoms with E-state index in [4.69, 9.17) is 0 Å². The number of nitrogens with zero attached hydrogens (tertiary/aromatic N) is 2. The van der Waals surface area contributed by atoms with Gasteiger partial charge in [-0.25, -0.2) is 0 Å². The van der Waals surface area contributed by atoms with Crippen LogP contribution < -0.4 is 10.2 Å². The molecule has 0 radical (unpaired) electrons. The van der Waals surface area contributed by atoms with Crippen LogP contribution in [0.5, 0.6) is 0 Å². The second kappa shape index (κ2) is 8.98. The normalized spacial score (nSPS) is 17.8. The van der Waals surface area contributed by atoms with Crippen LogP contribution in [0.25, 0.3) is 6.08 Å². The van der Waals surface area contributed by atoms with E-state index in [0.717, 1.165) is 29.7 Å². The number of anilines is 2. The largest absolute Gasteiger partial charge is 0.364 e. The lowest BCUT2D eigenvalue weighted by Gasteiger charge is -2.50. The lowest BCUT2D eigenvalue weighted by molar-refractivity contribution is -0.112. The third kappa shape index (κ3) is 4.66. The Bertz CT molecular complexity index is 1040. The van der Waals surface area contributed by atoms with E-state index in [1.807, 2.05) is 37.3 Å². The monoisotopic (exact) mass is 415 g/mol. The molecule has 1 aliphatic heterocycles. The number of nitriles is 1. The molecule has 0 saturated heterocycles. The van der Waals surface area contributed by atoms with Gasteiger partial charge in [0.2, 0.25) is 0 Å². The summed E-state index contributed by atoms with van der Waals surface area (Å²) in [4.78, 5) is 15.3. The van der Waals surface area contributed by atoms with E-state index < -0.39 is 0 Å². The molecule has 31 heavy (non-hydrogen) atoms. The van der Waals surface area contributed by atoms with Gasteiger partial charge < -0.3 is 10.2 Å². The van der Waals surface area contributed by atoms with Gasteiger partial charge in [0.15, 0.2) is 0 Å². The van der Waals surface area contributed by atoms with Gasteiger partial charge in [-0.3, -0.25) is 4.79 Å². The molecule has 1 N–H and O–H groups in total.